The molecule has 0 saturated heterocycles. The Kier molecular flexibility index (Phi) is 6.95. The second kappa shape index (κ2) is 9.45. The molecule has 2 rings (SSSR count). The van der Waals surface area contributed by atoms with Gasteiger partial charge in [-0.25, -0.2) is 4.79 Å². The normalized spacial score (nSPS) is 10.1. The lowest BCUT2D eigenvalue weighted by atomic mass is 10.1. The van der Waals surface area contributed by atoms with Gasteiger partial charge < -0.3 is 20.1 Å². The van der Waals surface area contributed by atoms with Crippen molar-refractivity contribution in [2.75, 3.05) is 27.3 Å². The molecular weight excluding hydrogens is 304 g/mol. The lowest BCUT2D eigenvalue weighted by molar-refractivity contribution is 0.241. The highest BCUT2D eigenvalue weighted by atomic mass is 16.5. The zero-order valence-electron chi connectivity index (χ0n) is 14.2. The summed E-state index contributed by atoms with van der Waals surface area (Å²) >= 11 is 0. The van der Waals surface area contributed by atoms with E-state index in [1.54, 1.807) is 14.2 Å². The summed E-state index contributed by atoms with van der Waals surface area (Å²) in [5.74, 6) is 1.69. The van der Waals surface area contributed by atoms with Crippen LogP contribution in [0.2, 0.25) is 0 Å². The van der Waals surface area contributed by atoms with Gasteiger partial charge in [0.2, 0.25) is 0 Å². The van der Waals surface area contributed by atoms with E-state index >= 15 is 0 Å². The molecule has 0 unspecified atom stereocenters. The van der Waals surface area contributed by atoms with Crippen LogP contribution < -0.4 is 20.1 Å². The third-order valence-electron chi connectivity index (χ3n) is 3.74. The van der Waals surface area contributed by atoms with Crippen molar-refractivity contribution in [3.8, 4) is 11.5 Å². The van der Waals surface area contributed by atoms with Crippen LogP contribution in [-0.4, -0.2) is 33.3 Å². The first-order valence-corrected chi connectivity index (χ1v) is 8.00. The lowest BCUT2D eigenvalue weighted by Gasteiger charge is -2.11. The molecule has 0 fully saturated rings. The summed E-state index contributed by atoms with van der Waals surface area (Å²) in [4.78, 5) is 11.8. The van der Waals surface area contributed by atoms with Gasteiger partial charge in [0, 0.05) is 13.1 Å². The largest absolute Gasteiger partial charge is 0.496 e. The quantitative estimate of drug-likeness (QED) is 0.783. The Morgan fingerprint density at radius 1 is 0.792 bits per heavy atom. The minimum absolute atomic E-state index is 0.167. The number of ether oxygens (including phenoxy) is 2. The van der Waals surface area contributed by atoms with Crippen LogP contribution in [-0.2, 0) is 12.8 Å². The Morgan fingerprint density at radius 2 is 1.21 bits per heavy atom. The van der Waals surface area contributed by atoms with E-state index in [2.05, 4.69) is 10.6 Å². The van der Waals surface area contributed by atoms with Gasteiger partial charge in [0.25, 0.3) is 0 Å². The molecule has 2 N–H and O–H groups in total. The molecule has 128 valence electrons. The summed E-state index contributed by atoms with van der Waals surface area (Å²) in [7, 11) is 3.30. The summed E-state index contributed by atoms with van der Waals surface area (Å²) in [5.41, 5.74) is 2.16. The van der Waals surface area contributed by atoms with Gasteiger partial charge in [-0.05, 0) is 36.1 Å². The second-order valence-electron chi connectivity index (χ2n) is 5.31. The molecule has 0 aliphatic carbocycles. The number of carbonyl (C=O) groups is 1. The van der Waals surface area contributed by atoms with Crippen molar-refractivity contribution in [3.63, 3.8) is 0 Å². The SMILES string of the molecule is COc1ccccc1CCNC(=O)NCCc1ccccc1OC. The predicted molar refractivity (Wildman–Crippen MR) is 94.8 cm³/mol. The summed E-state index contributed by atoms with van der Waals surface area (Å²) in [6, 6.07) is 15.5. The van der Waals surface area contributed by atoms with E-state index < -0.39 is 0 Å². The van der Waals surface area contributed by atoms with Crippen LogP contribution in [0, 0.1) is 0 Å². The average molecular weight is 328 g/mol. The van der Waals surface area contributed by atoms with Crippen molar-refractivity contribution in [1.29, 1.82) is 0 Å². The van der Waals surface area contributed by atoms with Gasteiger partial charge in [-0.3, -0.25) is 0 Å². The van der Waals surface area contributed by atoms with Crippen LogP contribution in [0.15, 0.2) is 48.5 Å². The zero-order chi connectivity index (χ0) is 17.2. The Balaban J connectivity index is 1.70. The van der Waals surface area contributed by atoms with Crippen LogP contribution >= 0.6 is 0 Å². The molecule has 0 aliphatic rings. The Morgan fingerprint density at radius 3 is 1.62 bits per heavy atom. The number of amides is 2. The van der Waals surface area contributed by atoms with Crippen molar-refractivity contribution in [2.24, 2.45) is 0 Å². The standard InChI is InChI=1S/C19H24N2O3/c1-23-17-9-5-3-7-15(17)11-13-20-19(22)21-14-12-16-8-4-6-10-18(16)24-2/h3-10H,11-14H2,1-2H3,(H2,20,21,22). The van der Waals surface area contributed by atoms with Gasteiger partial charge in [0.05, 0.1) is 14.2 Å². The maximum absolute atomic E-state index is 11.8. The summed E-state index contributed by atoms with van der Waals surface area (Å²) < 4.78 is 10.6. The third kappa shape index (κ3) is 5.19. The number of nitrogens with one attached hydrogen (secondary N) is 2. The monoisotopic (exact) mass is 328 g/mol. The van der Waals surface area contributed by atoms with Crippen molar-refractivity contribution in [2.45, 2.75) is 12.8 Å². The minimum atomic E-state index is -0.167. The molecule has 0 spiro atoms. The summed E-state index contributed by atoms with van der Waals surface area (Å²) in [6.07, 6.45) is 1.45. The molecule has 2 aromatic carbocycles. The maximum atomic E-state index is 11.8. The molecule has 2 amide bonds. The highest BCUT2D eigenvalue weighted by Crippen LogP contribution is 2.18. The van der Waals surface area contributed by atoms with Crippen LogP contribution in [0.3, 0.4) is 0 Å². The van der Waals surface area contributed by atoms with Gasteiger partial charge in [-0.1, -0.05) is 36.4 Å². The highest BCUT2D eigenvalue weighted by molar-refractivity contribution is 5.73. The minimum Gasteiger partial charge on any atom is -0.496 e. The molecule has 0 radical (unpaired) electrons. The Labute approximate surface area is 143 Å². The van der Waals surface area contributed by atoms with Crippen LogP contribution in [0.25, 0.3) is 0 Å². The average Bonchev–Trinajstić information content (AvgIpc) is 2.62. The maximum Gasteiger partial charge on any atom is 0.314 e. The van der Waals surface area contributed by atoms with Gasteiger partial charge in [-0.15, -0.1) is 0 Å². The van der Waals surface area contributed by atoms with Crippen molar-refractivity contribution >= 4 is 6.03 Å². The molecule has 0 heterocycles. The molecule has 5 nitrogen and oxygen atoms in total. The van der Waals surface area contributed by atoms with Gasteiger partial charge in [0.1, 0.15) is 11.5 Å². The van der Waals surface area contributed by atoms with E-state index in [0.717, 1.165) is 35.5 Å². The molecular formula is C19H24N2O3. The smallest absolute Gasteiger partial charge is 0.314 e. The first-order valence-electron chi connectivity index (χ1n) is 8.00. The van der Waals surface area contributed by atoms with E-state index in [0.29, 0.717) is 13.1 Å². The van der Waals surface area contributed by atoms with E-state index in [1.807, 2.05) is 48.5 Å². The number of para-hydroxylation sites is 2. The zero-order valence-corrected chi connectivity index (χ0v) is 14.2. The number of rotatable bonds is 8. The van der Waals surface area contributed by atoms with Gasteiger partial charge >= 0.3 is 6.03 Å². The molecule has 0 bridgehead atoms. The Bertz CT molecular complexity index is 603. The summed E-state index contributed by atoms with van der Waals surface area (Å²) in [6.45, 7) is 1.11. The van der Waals surface area contributed by atoms with Gasteiger partial charge in [-0.2, -0.15) is 0 Å². The highest BCUT2D eigenvalue weighted by Gasteiger charge is 2.05. The first kappa shape index (κ1) is 17.7. The number of hydrogen-bond acceptors (Lipinski definition) is 3. The first-order chi connectivity index (χ1) is 11.7. The van der Waals surface area contributed by atoms with Gasteiger partial charge in [0.15, 0.2) is 0 Å². The molecule has 24 heavy (non-hydrogen) atoms. The molecule has 5 heteroatoms. The lowest BCUT2D eigenvalue weighted by Crippen LogP contribution is -2.37. The molecule has 0 aromatic heterocycles. The molecule has 0 aliphatic heterocycles. The predicted octanol–water partition coefficient (Wildman–Crippen LogP) is 2.79. The third-order valence-corrected chi connectivity index (χ3v) is 3.74. The van der Waals surface area contributed by atoms with Crippen LogP contribution in [0.1, 0.15) is 11.1 Å². The fraction of sp³-hybridized carbons (Fsp3) is 0.316. The fourth-order valence-electron chi connectivity index (χ4n) is 2.50. The van der Waals surface area contributed by atoms with E-state index in [4.69, 9.17) is 9.47 Å². The molecule has 0 atom stereocenters. The molecule has 0 saturated carbocycles. The van der Waals surface area contributed by atoms with Crippen LogP contribution in [0.4, 0.5) is 4.79 Å². The van der Waals surface area contributed by atoms with Crippen LogP contribution in [0.5, 0.6) is 11.5 Å². The van der Waals surface area contributed by atoms with E-state index in [9.17, 15) is 4.79 Å². The Hall–Kier alpha value is -2.69. The van der Waals surface area contributed by atoms with Crippen molar-refractivity contribution in [3.05, 3.63) is 59.7 Å². The summed E-state index contributed by atoms with van der Waals surface area (Å²) in [5, 5.41) is 5.72. The van der Waals surface area contributed by atoms with Crippen molar-refractivity contribution in [1.82, 2.24) is 10.6 Å². The topological polar surface area (TPSA) is 59.6 Å². The number of carbonyl (C=O) groups excluding carboxylic acids is 1. The number of methoxy groups -OCH3 is 2. The number of urea groups is 1. The van der Waals surface area contributed by atoms with Crippen molar-refractivity contribution < 1.29 is 14.3 Å². The second-order valence-corrected chi connectivity index (χ2v) is 5.31. The number of hydrogen-bond donors (Lipinski definition) is 2. The fourth-order valence-corrected chi connectivity index (χ4v) is 2.50. The molecule has 2 aromatic rings. The van der Waals surface area contributed by atoms with E-state index in [-0.39, 0.29) is 6.03 Å². The number of benzene rings is 2. The van der Waals surface area contributed by atoms with E-state index in [1.165, 1.54) is 0 Å².